The second-order valence-corrected chi connectivity index (χ2v) is 7.50. The highest BCUT2D eigenvalue weighted by Gasteiger charge is 2.35. The highest BCUT2D eigenvalue weighted by molar-refractivity contribution is 6.29. The largest absolute Gasteiger partial charge is 0.356 e. The van der Waals surface area contributed by atoms with Crippen LogP contribution in [0, 0.1) is 5.41 Å². The minimum Gasteiger partial charge on any atom is -0.356 e. The summed E-state index contributed by atoms with van der Waals surface area (Å²) in [6.07, 6.45) is 9.78. The van der Waals surface area contributed by atoms with Crippen molar-refractivity contribution in [1.82, 2.24) is 9.97 Å². The van der Waals surface area contributed by atoms with Crippen molar-refractivity contribution in [3.8, 4) is 0 Å². The number of halogens is 1. The summed E-state index contributed by atoms with van der Waals surface area (Å²) >= 11 is 6.18. The maximum atomic E-state index is 6.18. The van der Waals surface area contributed by atoms with Crippen LogP contribution >= 0.6 is 11.6 Å². The van der Waals surface area contributed by atoms with Crippen molar-refractivity contribution >= 4 is 17.4 Å². The van der Waals surface area contributed by atoms with Crippen LogP contribution in [0.1, 0.15) is 70.5 Å². The molecule has 3 rings (SSSR count). The lowest BCUT2D eigenvalue weighted by Crippen LogP contribution is -2.41. The molecule has 0 unspecified atom stereocenters. The fourth-order valence-corrected chi connectivity index (χ4v) is 4.04. The highest BCUT2D eigenvalue weighted by atomic mass is 35.5. The van der Waals surface area contributed by atoms with Gasteiger partial charge in [-0.15, -0.1) is 0 Å². The van der Waals surface area contributed by atoms with E-state index in [-0.39, 0.29) is 0 Å². The Kier molecular flexibility index (Phi) is 4.39. The second kappa shape index (κ2) is 6.12. The van der Waals surface area contributed by atoms with E-state index in [4.69, 9.17) is 16.6 Å². The summed E-state index contributed by atoms with van der Waals surface area (Å²) < 4.78 is 0. The molecule has 0 N–H and O–H groups in total. The summed E-state index contributed by atoms with van der Waals surface area (Å²) in [6.45, 7) is 6.46. The zero-order chi connectivity index (χ0) is 14.9. The van der Waals surface area contributed by atoms with Crippen LogP contribution in [-0.2, 0) is 0 Å². The van der Waals surface area contributed by atoms with E-state index >= 15 is 0 Å². The molecular weight excluding hydrogens is 282 g/mol. The zero-order valence-corrected chi connectivity index (χ0v) is 14.0. The van der Waals surface area contributed by atoms with Crippen molar-refractivity contribution in [3.05, 3.63) is 17.0 Å². The minimum absolute atomic E-state index is 0.317. The number of hydrogen-bond donors (Lipinski definition) is 0. The molecule has 2 heterocycles. The van der Waals surface area contributed by atoms with E-state index < -0.39 is 0 Å². The van der Waals surface area contributed by atoms with Crippen molar-refractivity contribution in [2.75, 3.05) is 18.0 Å². The number of aromatic nitrogens is 2. The summed E-state index contributed by atoms with van der Waals surface area (Å²) in [5, 5.41) is 0.571. The van der Waals surface area contributed by atoms with E-state index in [2.05, 4.69) is 23.7 Å². The highest BCUT2D eigenvalue weighted by Crippen LogP contribution is 2.45. The van der Waals surface area contributed by atoms with Gasteiger partial charge in [-0.05, 0) is 31.1 Å². The Hall–Kier alpha value is -0.830. The monoisotopic (exact) mass is 307 g/mol. The van der Waals surface area contributed by atoms with Gasteiger partial charge in [0.15, 0.2) is 0 Å². The molecule has 0 atom stereocenters. The third-order valence-corrected chi connectivity index (χ3v) is 5.47. The van der Waals surface area contributed by atoms with E-state index in [1.165, 1.54) is 44.9 Å². The molecule has 21 heavy (non-hydrogen) atoms. The Bertz CT molecular complexity index is 485. The van der Waals surface area contributed by atoms with Crippen molar-refractivity contribution < 1.29 is 0 Å². The summed E-state index contributed by atoms with van der Waals surface area (Å²) in [5.41, 5.74) is 0.631. The molecule has 0 bridgehead atoms. The molecule has 1 aromatic rings. The first kappa shape index (κ1) is 15.1. The summed E-state index contributed by atoms with van der Waals surface area (Å²) in [5.74, 6) is 2.19. The van der Waals surface area contributed by atoms with E-state index in [0.29, 0.717) is 16.5 Å². The first-order valence-electron chi connectivity index (χ1n) is 8.37. The molecule has 1 aliphatic carbocycles. The maximum Gasteiger partial charge on any atom is 0.135 e. The van der Waals surface area contributed by atoms with Crippen LogP contribution in [0.2, 0.25) is 5.15 Å². The molecule has 2 fully saturated rings. The predicted octanol–water partition coefficient (Wildman–Crippen LogP) is 4.80. The van der Waals surface area contributed by atoms with Gasteiger partial charge in [-0.1, -0.05) is 44.7 Å². The molecule has 1 aliphatic heterocycles. The van der Waals surface area contributed by atoms with Crippen molar-refractivity contribution in [1.29, 1.82) is 0 Å². The number of hydrogen-bond acceptors (Lipinski definition) is 3. The first-order chi connectivity index (χ1) is 10.1. The maximum absolute atomic E-state index is 6.18. The van der Waals surface area contributed by atoms with Crippen molar-refractivity contribution in [2.45, 2.75) is 64.7 Å². The molecule has 116 valence electrons. The molecule has 1 saturated heterocycles. The van der Waals surface area contributed by atoms with E-state index in [9.17, 15) is 0 Å². The van der Waals surface area contributed by atoms with Crippen molar-refractivity contribution in [3.63, 3.8) is 0 Å². The molecule has 0 amide bonds. The third kappa shape index (κ3) is 3.33. The molecule has 0 aromatic carbocycles. The van der Waals surface area contributed by atoms with Gasteiger partial charge in [0.2, 0.25) is 0 Å². The number of piperidine rings is 1. The van der Waals surface area contributed by atoms with Gasteiger partial charge in [-0.2, -0.15) is 0 Å². The van der Waals surface area contributed by atoms with Crippen LogP contribution < -0.4 is 4.90 Å². The van der Waals surface area contributed by atoms with Crippen LogP contribution in [0.3, 0.4) is 0 Å². The Balaban J connectivity index is 1.71. The number of rotatable bonds is 2. The molecule has 1 spiro atoms. The molecule has 0 radical (unpaired) electrons. The van der Waals surface area contributed by atoms with Gasteiger partial charge in [-0.3, -0.25) is 0 Å². The molecule has 3 nitrogen and oxygen atoms in total. The fourth-order valence-electron chi connectivity index (χ4n) is 3.86. The number of anilines is 1. The smallest absolute Gasteiger partial charge is 0.135 e. The Morgan fingerprint density at radius 3 is 2.33 bits per heavy atom. The Morgan fingerprint density at radius 2 is 1.71 bits per heavy atom. The summed E-state index contributed by atoms with van der Waals surface area (Å²) in [6, 6.07) is 1.92. The third-order valence-electron chi connectivity index (χ3n) is 5.28. The topological polar surface area (TPSA) is 29.0 Å². The predicted molar refractivity (Wildman–Crippen MR) is 88.1 cm³/mol. The van der Waals surface area contributed by atoms with Gasteiger partial charge in [0.25, 0.3) is 0 Å². The quantitative estimate of drug-likeness (QED) is 0.735. The summed E-state index contributed by atoms with van der Waals surface area (Å²) in [7, 11) is 0. The van der Waals surface area contributed by atoms with Crippen LogP contribution in [-0.4, -0.2) is 23.1 Å². The van der Waals surface area contributed by atoms with Crippen molar-refractivity contribution in [2.24, 2.45) is 5.41 Å². The van der Waals surface area contributed by atoms with Gasteiger partial charge < -0.3 is 4.90 Å². The van der Waals surface area contributed by atoms with Crippen LogP contribution in [0.25, 0.3) is 0 Å². The lowest BCUT2D eigenvalue weighted by atomic mass is 9.68. The molecule has 4 heteroatoms. The van der Waals surface area contributed by atoms with Gasteiger partial charge >= 0.3 is 0 Å². The summed E-state index contributed by atoms with van der Waals surface area (Å²) in [4.78, 5) is 11.5. The lowest BCUT2D eigenvalue weighted by molar-refractivity contribution is 0.144. The zero-order valence-electron chi connectivity index (χ0n) is 13.2. The molecule has 1 aromatic heterocycles. The Morgan fingerprint density at radius 1 is 1.05 bits per heavy atom. The van der Waals surface area contributed by atoms with E-state index in [1.54, 1.807) is 0 Å². The lowest BCUT2D eigenvalue weighted by Gasteiger charge is -2.44. The first-order valence-corrected chi connectivity index (χ1v) is 8.75. The number of nitrogens with zero attached hydrogens (tertiary/aromatic N) is 3. The Labute approximate surface area is 133 Å². The molecular formula is C17H26ClN3. The molecule has 2 aliphatic rings. The normalized spacial score (nSPS) is 22.0. The fraction of sp³-hybridized carbons (Fsp3) is 0.765. The van der Waals surface area contributed by atoms with Crippen LogP contribution in [0.15, 0.2) is 6.07 Å². The second-order valence-electron chi connectivity index (χ2n) is 7.11. The molecule has 1 saturated carbocycles. The average Bonchev–Trinajstić information content (AvgIpc) is 2.48. The van der Waals surface area contributed by atoms with Crippen LogP contribution in [0.5, 0.6) is 0 Å². The van der Waals surface area contributed by atoms with E-state index in [1.807, 2.05) is 6.07 Å². The van der Waals surface area contributed by atoms with Crippen LogP contribution in [0.4, 0.5) is 5.82 Å². The van der Waals surface area contributed by atoms with Gasteiger partial charge in [0.05, 0.1) is 0 Å². The van der Waals surface area contributed by atoms with Gasteiger partial charge in [0, 0.05) is 25.1 Å². The standard InChI is InChI=1S/C17H26ClN3/c1-13(2)16-19-14(18)12-15(20-16)21-10-8-17(9-11-21)6-4-3-5-7-17/h12-13H,3-11H2,1-2H3. The average molecular weight is 308 g/mol. The van der Waals surface area contributed by atoms with Gasteiger partial charge in [-0.25, -0.2) is 9.97 Å². The minimum atomic E-state index is 0.317. The van der Waals surface area contributed by atoms with Gasteiger partial charge in [0.1, 0.15) is 16.8 Å². The van der Waals surface area contributed by atoms with E-state index in [0.717, 1.165) is 24.7 Å². The SMILES string of the molecule is CC(C)c1nc(Cl)cc(N2CCC3(CCCCC3)CC2)n1.